The zero-order valence-corrected chi connectivity index (χ0v) is 11.3. The average Bonchev–Trinajstić information content (AvgIpc) is 2.49. The van der Waals surface area contributed by atoms with Gasteiger partial charge in [0, 0.05) is 6.07 Å². The first-order valence-corrected chi connectivity index (χ1v) is 5.71. The number of nitrogens with one attached hydrogen (secondary N) is 1. The molecular weight excluding hydrogens is 262 g/mol. The van der Waals surface area contributed by atoms with Crippen molar-refractivity contribution < 1.29 is 23.8 Å². The molecule has 0 spiro atoms. The van der Waals surface area contributed by atoms with Crippen LogP contribution in [-0.2, 0) is 9.53 Å². The second-order valence-corrected chi connectivity index (χ2v) is 3.66. The zero-order chi connectivity index (χ0) is 15.0. The summed E-state index contributed by atoms with van der Waals surface area (Å²) in [4.78, 5) is 23.1. The van der Waals surface area contributed by atoms with E-state index in [-0.39, 0.29) is 12.1 Å². The SMILES string of the molecule is C#CCNC(=O)COC(=O)c1cc(OC)cc(OC)c1. The van der Waals surface area contributed by atoms with E-state index in [0.29, 0.717) is 11.5 Å². The zero-order valence-electron chi connectivity index (χ0n) is 11.3. The number of hydrogen-bond acceptors (Lipinski definition) is 5. The lowest BCUT2D eigenvalue weighted by Gasteiger charge is -2.08. The Morgan fingerprint density at radius 3 is 2.30 bits per heavy atom. The molecule has 0 aromatic heterocycles. The lowest BCUT2D eigenvalue weighted by atomic mass is 10.2. The van der Waals surface area contributed by atoms with Crippen LogP contribution in [0.25, 0.3) is 0 Å². The lowest BCUT2D eigenvalue weighted by Crippen LogP contribution is -2.29. The van der Waals surface area contributed by atoms with Gasteiger partial charge in [0.15, 0.2) is 6.61 Å². The number of carbonyl (C=O) groups is 2. The summed E-state index contributed by atoms with van der Waals surface area (Å²) in [5.41, 5.74) is 0.228. The second-order valence-electron chi connectivity index (χ2n) is 3.66. The van der Waals surface area contributed by atoms with E-state index in [0.717, 1.165) is 0 Å². The minimum atomic E-state index is -0.655. The van der Waals surface area contributed by atoms with Gasteiger partial charge in [-0.25, -0.2) is 4.79 Å². The first-order valence-electron chi connectivity index (χ1n) is 5.71. The first-order chi connectivity index (χ1) is 9.60. The standard InChI is InChI=1S/C14H15NO5/c1-4-5-15-13(16)9-20-14(17)10-6-11(18-2)8-12(7-10)19-3/h1,6-8H,5,9H2,2-3H3,(H,15,16). The van der Waals surface area contributed by atoms with E-state index >= 15 is 0 Å². The predicted molar refractivity (Wildman–Crippen MR) is 71.7 cm³/mol. The van der Waals surface area contributed by atoms with E-state index in [9.17, 15) is 9.59 Å². The highest BCUT2D eigenvalue weighted by Gasteiger charge is 2.12. The van der Waals surface area contributed by atoms with Gasteiger partial charge in [0.2, 0.25) is 0 Å². The van der Waals surface area contributed by atoms with Gasteiger partial charge < -0.3 is 19.5 Å². The highest BCUT2D eigenvalue weighted by Crippen LogP contribution is 2.22. The van der Waals surface area contributed by atoms with Gasteiger partial charge in [-0.3, -0.25) is 4.79 Å². The van der Waals surface area contributed by atoms with Crippen LogP contribution in [0.5, 0.6) is 11.5 Å². The lowest BCUT2D eigenvalue weighted by molar-refractivity contribution is -0.123. The molecule has 1 aromatic carbocycles. The smallest absolute Gasteiger partial charge is 0.338 e. The van der Waals surface area contributed by atoms with Crippen LogP contribution in [0.3, 0.4) is 0 Å². The molecule has 0 aliphatic rings. The largest absolute Gasteiger partial charge is 0.497 e. The normalized spacial score (nSPS) is 9.25. The Labute approximate surface area is 117 Å². The van der Waals surface area contributed by atoms with Crippen LogP contribution in [-0.4, -0.2) is 39.2 Å². The van der Waals surface area contributed by atoms with E-state index in [4.69, 9.17) is 20.6 Å². The van der Waals surface area contributed by atoms with Gasteiger partial charge in [-0.2, -0.15) is 0 Å². The summed E-state index contributed by atoms with van der Waals surface area (Å²) in [6.07, 6.45) is 4.99. The highest BCUT2D eigenvalue weighted by atomic mass is 16.5. The molecule has 0 radical (unpaired) electrons. The number of hydrogen-bond donors (Lipinski definition) is 1. The molecule has 106 valence electrons. The molecule has 1 amide bonds. The fourth-order valence-electron chi connectivity index (χ4n) is 1.34. The molecule has 0 bridgehead atoms. The van der Waals surface area contributed by atoms with Crippen molar-refractivity contribution in [1.82, 2.24) is 5.32 Å². The fourth-order valence-corrected chi connectivity index (χ4v) is 1.34. The monoisotopic (exact) mass is 277 g/mol. The van der Waals surface area contributed by atoms with E-state index in [1.165, 1.54) is 26.4 Å². The maximum atomic E-state index is 11.8. The summed E-state index contributed by atoms with van der Waals surface area (Å²) in [6.45, 7) is -0.316. The second kappa shape index (κ2) is 7.69. The van der Waals surface area contributed by atoms with Crippen molar-refractivity contribution in [3.8, 4) is 23.8 Å². The highest BCUT2D eigenvalue weighted by molar-refractivity contribution is 5.92. The number of amides is 1. The maximum absolute atomic E-state index is 11.8. The minimum Gasteiger partial charge on any atom is -0.497 e. The molecule has 20 heavy (non-hydrogen) atoms. The molecular formula is C14H15NO5. The molecule has 1 rings (SSSR count). The molecule has 0 aliphatic carbocycles. The third-order valence-electron chi connectivity index (χ3n) is 2.31. The molecule has 0 saturated heterocycles. The van der Waals surface area contributed by atoms with E-state index in [2.05, 4.69) is 11.2 Å². The Hall–Kier alpha value is -2.68. The molecule has 0 aliphatic heterocycles. The van der Waals surface area contributed by atoms with Crippen LogP contribution in [0.4, 0.5) is 0 Å². The third kappa shape index (κ3) is 4.53. The van der Waals surface area contributed by atoms with E-state index < -0.39 is 18.5 Å². The Bertz CT molecular complexity index is 511. The molecule has 0 heterocycles. The Balaban J connectivity index is 2.68. The van der Waals surface area contributed by atoms with Crippen molar-refractivity contribution >= 4 is 11.9 Å². The average molecular weight is 277 g/mol. The van der Waals surface area contributed by atoms with Gasteiger partial charge in [0.25, 0.3) is 5.91 Å². The number of rotatable bonds is 6. The summed E-state index contributed by atoms with van der Waals surface area (Å²) in [5.74, 6) is 2.03. The molecule has 0 saturated carbocycles. The summed E-state index contributed by atoms with van der Waals surface area (Å²) < 4.78 is 14.9. The number of terminal acetylenes is 1. The molecule has 1 aromatic rings. The van der Waals surface area contributed by atoms with Crippen molar-refractivity contribution in [2.75, 3.05) is 27.4 Å². The molecule has 1 N–H and O–H groups in total. The fraction of sp³-hybridized carbons (Fsp3) is 0.286. The van der Waals surface area contributed by atoms with Crippen molar-refractivity contribution in [2.24, 2.45) is 0 Å². The number of methoxy groups -OCH3 is 2. The Morgan fingerprint density at radius 2 is 1.80 bits per heavy atom. The molecule has 6 heteroatoms. The number of ether oxygens (including phenoxy) is 3. The number of benzene rings is 1. The molecule has 0 unspecified atom stereocenters. The Kier molecular flexibility index (Phi) is 5.91. The van der Waals surface area contributed by atoms with Gasteiger partial charge in [0.05, 0.1) is 26.3 Å². The van der Waals surface area contributed by atoms with Gasteiger partial charge >= 0.3 is 5.97 Å². The van der Waals surface area contributed by atoms with Crippen LogP contribution in [0.2, 0.25) is 0 Å². The van der Waals surface area contributed by atoms with E-state index in [1.54, 1.807) is 6.07 Å². The van der Waals surface area contributed by atoms with Crippen LogP contribution in [0.15, 0.2) is 18.2 Å². The van der Waals surface area contributed by atoms with Gasteiger partial charge in [-0.05, 0) is 12.1 Å². The first kappa shape index (κ1) is 15.4. The van der Waals surface area contributed by atoms with Crippen molar-refractivity contribution in [3.63, 3.8) is 0 Å². The molecule has 6 nitrogen and oxygen atoms in total. The predicted octanol–water partition coefficient (Wildman–Crippen LogP) is 0.610. The van der Waals surface area contributed by atoms with Crippen LogP contribution in [0.1, 0.15) is 10.4 Å². The van der Waals surface area contributed by atoms with Crippen molar-refractivity contribution in [1.29, 1.82) is 0 Å². The van der Waals surface area contributed by atoms with Gasteiger partial charge in [0.1, 0.15) is 11.5 Å². The topological polar surface area (TPSA) is 73.9 Å². The number of carbonyl (C=O) groups excluding carboxylic acids is 2. The van der Waals surface area contributed by atoms with Crippen LogP contribution < -0.4 is 14.8 Å². The minimum absolute atomic E-state index is 0.0867. The third-order valence-corrected chi connectivity index (χ3v) is 2.31. The van der Waals surface area contributed by atoms with Gasteiger partial charge in [-0.15, -0.1) is 6.42 Å². The summed E-state index contributed by atoms with van der Waals surface area (Å²) in [7, 11) is 2.94. The van der Waals surface area contributed by atoms with Crippen molar-refractivity contribution in [3.05, 3.63) is 23.8 Å². The quantitative estimate of drug-likeness (QED) is 0.609. The molecule has 0 atom stereocenters. The van der Waals surface area contributed by atoms with Crippen LogP contribution in [0, 0.1) is 12.3 Å². The van der Waals surface area contributed by atoms with E-state index in [1.807, 2.05) is 0 Å². The number of esters is 1. The Morgan fingerprint density at radius 1 is 1.20 bits per heavy atom. The summed E-state index contributed by atoms with van der Waals surface area (Å²) >= 11 is 0. The van der Waals surface area contributed by atoms with Crippen LogP contribution >= 0.6 is 0 Å². The van der Waals surface area contributed by atoms with Gasteiger partial charge in [-0.1, -0.05) is 5.92 Å². The maximum Gasteiger partial charge on any atom is 0.338 e. The molecule has 0 fully saturated rings. The summed E-state index contributed by atoms with van der Waals surface area (Å²) in [6, 6.07) is 4.60. The van der Waals surface area contributed by atoms with Crippen molar-refractivity contribution in [2.45, 2.75) is 0 Å². The summed E-state index contributed by atoms with van der Waals surface area (Å²) in [5, 5.41) is 2.38.